The molecule has 3 aromatic rings. The molecule has 0 radical (unpaired) electrons. The van der Waals surface area contributed by atoms with Gasteiger partial charge in [-0.25, -0.2) is 4.79 Å². The molecule has 0 amide bonds. The summed E-state index contributed by atoms with van der Waals surface area (Å²) in [4.78, 5) is 11.9. The van der Waals surface area contributed by atoms with Crippen molar-refractivity contribution in [2.24, 2.45) is 0 Å². The standard InChI is InChI=1S/C20H19Cl2NO2/c1-11-6-17-14(8-20(24)25-19(17)7-12(11)2)10-23-13(3)16-5-4-15(21)9-18(16)22/h4-9,13,23H,10H2,1-3H3/t13-/m0/s1. The molecular formula is C20H19Cl2NO2. The van der Waals surface area contributed by atoms with E-state index in [0.29, 0.717) is 22.2 Å². The summed E-state index contributed by atoms with van der Waals surface area (Å²) in [6, 6.07) is 11.0. The first-order valence-corrected chi connectivity index (χ1v) is 8.83. The molecule has 25 heavy (non-hydrogen) atoms. The predicted octanol–water partition coefficient (Wildman–Crippen LogP) is 5.57. The number of halogens is 2. The molecule has 0 aliphatic rings. The van der Waals surface area contributed by atoms with Gasteiger partial charge in [-0.15, -0.1) is 0 Å². The first-order chi connectivity index (χ1) is 11.8. The quantitative estimate of drug-likeness (QED) is 0.606. The Morgan fingerprint density at radius 2 is 1.80 bits per heavy atom. The van der Waals surface area contributed by atoms with E-state index < -0.39 is 0 Å². The Labute approximate surface area is 156 Å². The first kappa shape index (κ1) is 18.0. The van der Waals surface area contributed by atoms with Crippen molar-refractivity contribution < 1.29 is 4.42 Å². The van der Waals surface area contributed by atoms with Crippen molar-refractivity contribution in [2.75, 3.05) is 0 Å². The van der Waals surface area contributed by atoms with E-state index in [1.165, 1.54) is 0 Å². The van der Waals surface area contributed by atoms with Gasteiger partial charge >= 0.3 is 5.63 Å². The molecule has 0 saturated heterocycles. The molecule has 0 saturated carbocycles. The molecule has 5 heteroatoms. The fourth-order valence-electron chi connectivity index (χ4n) is 2.85. The summed E-state index contributed by atoms with van der Waals surface area (Å²) in [5, 5.41) is 5.60. The highest BCUT2D eigenvalue weighted by Gasteiger charge is 2.12. The van der Waals surface area contributed by atoms with Crippen LogP contribution in [0, 0.1) is 13.8 Å². The second-order valence-electron chi connectivity index (χ2n) is 6.29. The van der Waals surface area contributed by atoms with Gasteiger partial charge in [0.2, 0.25) is 0 Å². The SMILES string of the molecule is Cc1cc2oc(=O)cc(CN[C@@H](C)c3ccc(Cl)cc3Cl)c2cc1C. The lowest BCUT2D eigenvalue weighted by atomic mass is 10.0. The highest BCUT2D eigenvalue weighted by atomic mass is 35.5. The zero-order chi connectivity index (χ0) is 18.1. The van der Waals surface area contributed by atoms with E-state index in [4.69, 9.17) is 27.6 Å². The molecule has 1 atom stereocenters. The third-order valence-corrected chi connectivity index (χ3v) is 5.03. The Kier molecular flexibility index (Phi) is 5.19. The number of nitrogens with one attached hydrogen (secondary N) is 1. The van der Waals surface area contributed by atoms with Gasteiger partial charge in [0.1, 0.15) is 5.58 Å². The van der Waals surface area contributed by atoms with Crippen LogP contribution in [0.25, 0.3) is 11.0 Å². The van der Waals surface area contributed by atoms with Crippen LogP contribution in [0.3, 0.4) is 0 Å². The molecule has 130 valence electrons. The largest absolute Gasteiger partial charge is 0.423 e. The Morgan fingerprint density at radius 3 is 2.52 bits per heavy atom. The molecular weight excluding hydrogens is 357 g/mol. The molecule has 1 heterocycles. The van der Waals surface area contributed by atoms with Gasteiger partial charge in [-0.3, -0.25) is 0 Å². The number of hydrogen-bond acceptors (Lipinski definition) is 3. The molecule has 0 unspecified atom stereocenters. The van der Waals surface area contributed by atoms with Crippen molar-refractivity contribution in [1.82, 2.24) is 5.32 Å². The maximum absolute atomic E-state index is 11.9. The normalized spacial score (nSPS) is 12.5. The van der Waals surface area contributed by atoms with Gasteiger partial charge in [-0.2, -0.15) is 0 Å². The lowest BCUT2D eigenvalue weighted by molar-refractivity contribution is 0.547. The zero-order valence-electron chi connectivity index (χ0n) is 14.3. The van der Waals surface area contributed by atoms with Crippen LogP contribution >= 0.6 is 23.2 Å². The van der Waals surface area contributed by atoms with Crippen molar-refractivity contribution in [3.63, 3.8) is 0 Å². The summed E-state index contributed by atoms with van der Waals surface area (Å²) in [6.07, 6.45) is 0. The number of fused-ring (bicyclic) bond motifs is 1. The van der Waals surface area contributed by atoms with Crippen molar-refractivity contribution in [1.29, 1.82) is 0 Å². The second kappa shape index (κ2) is 7.20. The lowest BCUT2D eigenvalue weighted by Crippen LogP contribution is -2.19. The maximum Gasteiger partial charge on any atom is 0.336 e. The van der Waals surface area contributed by atoms with Crippen LogP contribution < -0.4 is 10.9 Å². The van der Waals surface area contributed by atoms with Crippen LogP contribution in [0.1, 0.15) is 35.2 Å². The monoisotopic (exact) mass is 375 g/mol. The van der Waals surface area contributed by atoms with E-state index in [1.54, 1.807) is 12.1 Å². The molecule has 0 bridgehead atoms. The summed E-state index contributed by atoms with van der Waals surface area (Å²) in [6.45, 7) is 6.61. The average Bonchev–Trinajstić information content (AvgIpc) is 2.54. The van der Waals surface area contributed by atoms with Crippen LogP contribution in [-0.2, 0) is 6.54 Å². The van der Waals surface area contributed by atoms with Crippen molar-refractivity contribution in [2.45, 2.75) is 33.4 Å². The third-order valence-electron chi connectivity index (χ3n) is 4.47. The predicted molar refractivity (Wildman–Crippen MR) is 104 cm³/mol. The minimum atomic E-state index is -0.343. The highest BCUT2D eigenvalue weighted by Crippen LogP contribution is 2.27. The molecule has 0 spiro atoms. The van der Waals surface area contributed by atoms with Crippen molar-refractivity contribution >= 4 is 34.2 Å². The molecule has 3 rings (SSSR count). The van der Waals surface area contributed by atoms with Crippen LogP contribution in [0.2, 0.25) is 10.0 Å². The smallest absolute Gasteiger partial charge is 0.336 e. The fourth-order valence-corrected chi connectivity index (χ4v) is 3.43. The summed E-state index contributed by atoms with van der Waals surface area (Å²) in [7, 11) is 0. The van der Waals surface area contributed by atoms with Crippen LogP contribution in [0.15, 0.2) is 45.6 Å². The van der Waals surface area contributed by atoms with Crippen LogP contribution in [-0.4, -0.2) is 0 Å². The summed E-state index contributed by atoms with van der Waals surface area (Å²) in [5.74, 6) is 0. The molecule has 0 fully saturated rings. The summed E-state index contributed by atoms with van der Waals surface area (Å²) < 4.78 is 5.34. The number of aryl methyl sites for hydroxylation is 2. The van der Waals surface area contributed by atoms with E-state index in [9.17, 15) is 4.79 Å². The van der Waals surface area contributed by atoms with E-state index in [-0.39, 0.29) is 11.7 Å². The van der Waals surface area contributed by atoms with Gasteiger partial charge < -0.3 is 9.73 Å². The second-order valence-corrected chi connectivity index (χ2v) is 7.14. The molecule has 1 N–H and O–H groups in total. The molecule has 0 aliphatic carbocycles. The van der Waals surface area contributed by atoms with E-state index in [0.717, 1.165) is 27.6 Å². The Balaban J connectivity index is 1.90. The van der Waals surface area contributed by atoms with Gasteiger partial charge in [0, 0.05) is 34.1 Å². The molecule has 3 nitrogen and oxygen atoms in total. The molecule has 1 aromatic heterocycles. The third kappa shape index (κ3) is 3.90. The lowest BCUT2D eigenvalue weighted by Gasteiger charge is -2.17. The van der Waals surface area contributed by atoms with Crippen LogP contribution in [0.5, 0.6) is 0 Å². The van der Waals surface area contributed by atoms with Crippen molar-refractivity contribution in [3.05, 3.63) is 79.1 Å². The van der Waals surface area contributed by atoms with Gasteiger partial charge in [0.05, 0.1) is 0 Å². The minimum absolute atomic E-state index is 0.0126. The van der Waals surface area contributed by atoms with E-state index in [2.05, 4.69) is 11.4 Å². The Hall–Kier alpha value is -1.81. The van der Waals surface area contributed by atoms with Gasteiger partial charge in [0.15, 0.2) is 0 Å². The first-order valence-electron chi connectivity index (χ1n) is 8.07. The van der Waals surface area contributed by atoms with Gasteiger partial charge in [0.25, 0.3) is 0 Å². The molecule has 0 aliphatic heterocycles. The minimum Gasteiger partial charge on any atom is -0.423 e. The number of hydrogen-bond donors (Lipinski definition) is 1. The van der Waals surface area contributed by atoms with Gasteiger partial charge in [-0.1, -0.05) is 29.3 Å². The van der Waals surface area contributed by atoms with Gasteiger partial charge in [-0.05, 0) is 67.3 Å². The highest BCUT2D eigenvalue weighted by molar-refractivity contribution is 6.35. The fraction of sp³-hybridized carbons (Fsp3) is 0.250. The van der Waals surface area contributed by atoms with Crippen molar-refractivity contribution in [3.8, 4) is 0 Å². The molecule has 2 aromatic carbocycles. The zero-order valence-corrected chi connectivity index (χ0v) is 15.8. The Bertz CT molecular complexity index is 995. The number of benzene rings is 2. The van der Waals surface area contributed by atoms with E-state index >= 15 is 0 Å². The van der Waals surface area contributed by atoms with Crippen LogP contribution in [0.4, 0.5) is 0 Å². The summed E-state index contributed by atoms with van der Waals surface area (Å²) in [5.41, 5.74) is 4.41. The van der Waals surface area contributed by atoms with E-state index in [1.807, 2.05) is 39.0 Å². The average molecular weight is 376 g/mol. The number of rotatable bonds is 4. The maximum atomic E-state index is 11.9. The topological polar surface area (TPSA) is 42.2 Å². The summed E-state index contributed by atoms with van der Waals surface area (Å²) >= 11 is 12.2. The Morgan fingerprint density at radius 1 is 1.08 bits per heavy atom.